The van der Waals surface area contributed by atoms with Gasteiger partial charge >= 0.3 is 0 Å². The van der Waals surface area contributed by atoms with E-state index in [1.54, 1.807) is 12.2 Å². The minimum atomic E-state index is 0.745. The van der Waals surface area contributed by atoms with Crippen molar-refractivity contribution in [3.05, 3.63) is 96.6 Å². The van der Waals surface area contributed by atoms with Gasteiger partial charge in [0, 0.05) is 17.1 Å². The van der Waals surface area contributed by atoms with Crippen molar-refractivity contribution in [1.29, 1.82) is 0 Å². The highest BCUT2D eigenvalue weighted by molar-refractivity contribution is 7.79. The van der Waals surface area contributed by atoms with Gasteiger partial charge in [-0.2, -0.15) is 12.6 Å². The summed E-state index contributed by atoms with van der Waals surface area (Å²) in [7, 11) is 0. The molecule has 0 radical (unpaired) electrons. The predicted molar refractivity (Wildman–Crippen MR) is 129 cm³/mol. The zero-order chi connectivity index (χ0) is 21.1. The van der Waals surface area contributed by atoms with Gasteiger partial charge in [-0.1, -0.05) is 86.7 Å². The number of rotatable bonds is 5. The molecular formula is C25H33NS. The summed E-state index contributed by atoms with van der Waals surface area (Å²) in [5.41, 5.74) is 5.87. The van der Waals surface area contributed by atoms with E-state index in [1.165, 1.54) is 11.1 Å². The van der Waals surface area contributed by atoms with Gasteiger partial charge in [0.2, 0.25) is 0 Å². The molecular weight excluding hydrogens is 346 g/mol. The predicted octanol–water partition coefficient (Wildman–Crippen LogP) is 7.75. The van der Waals surface area contributed by atoms with Gasteiger partial charge in [0.25, 0.3) is 0 Å². The van der Waals surface area contributed by atoms with Crippen molar-refractivity contribution in [1.82, 2.24) is 0 Å². The van der Waals surface area contributed by atoms with Crippen molar-refractivity contribution in [2.45, 2.75) is 33.4 Å². The van der Waals surface area contributed by atoms with Crippen LogP contribution in [0.5, 0.6) is 0 Å². The molecule has 2 rings (SSSR count). The maximum atomic E-state index is 4.32. The molecule has 0 bridgehead atoms. The normalized spacial score (nSPS) is 9.07. The molecule has 0 spiro atoms. The van der Waals surface area contributed by atoms with Gasteiger partial charge in [0.15, 0.2) is 0 Å². The fourth-order valence-electron chi connectivity index (χ4n) is 1.83. The Kier molecular flexibility index (Phi) is 17.9. The first kappa shape index (κ1) is 26.6. The highest BCUT2D eigenvalue weighted by Gasteiger charge is 1.99. The van der Waals surface area contributed by atoms with Crippen LogP contribution in [0, 0.1) is 19.8 Å². The van der Waals surface area contributed by atoms with Gasteiger partial charge in [-0.25, -0.2) is 0 Å². The molecule has 0 aromatic heterocycles. The van der Waals surface area contributed by atoms with Crippen molar-refractivity contribution < 1.29 is 0 Å². The largest absolute Gasteiger partial charge is 0.355 e. The van der Waals surface area contributed by atoms with Crippen LogP contribution < -0.4 is 5.32 Å². The summed E-state index contributed by atoms with van der Waals surface area (Å²) in [5, 5.41) is 3.40. The first-order valence-electron chi connectivity index (χ1n) is 8.88. The molecule has 0 atom stereocenters. The van der Waals surface area contributed by atoms with Crippen LogP contribution in [0.15, 0.2) is 85.5 Å². The number of benzene rings is 2. The standard InChI is InChI=1S/C14H15NS.C7H10.C2H6.C2H2/c1-11-6-8-13(9-7-11)15-14-5-3-2-4-12(14)10-16;1-4-6-7(3)5-2;2*1-2/h2-9,15-16H,10H2,1H3;4-6H,1-2H2,3H3;1-2H3;1-2H/b;7-6-;;. The summed E-state index contributed by atoms with van der Waals surface area (Å²) in [6.45, 7) is 15.2. The Morgan fingerprint density at radius 2 is 1.59 bits per heavy atom. The van der Waals surface area contributed by atoms with Crippen LogP contribution in [0.3, 0.4) is 0 Å². The second-order valence-corrected chi connectivity index (χ2v) is 5.47. The Morgan fingerprint density at radius 1 is 1.04 bits per heavy atom. The number of thiol groups is 1. The molecule has 0 aliphatic rings. The highest BCUT2D eigenvalue weighted by atomic mass is 32.1. The fraction of sp³-hybridized carbons (Fsp3) is 0.200. The van der Waals surface area contributed by atoms with Gasteiger partial charge in [-0.05, 0) is 37.6 Å². The first-order chi connectivity index (χ1) is 13.1. The Bertz CT molecular complexity index is 694. The van der Waals surface area contributed by atoms with Crippen molar-refractivity contribution >= 4 is 24.0 Å². The van der Waals surface area contributed by atoms with Gasteiger partial charge in [0.1, 0.15) is 0 Å². The van der Waals surface area contributed by atoms with Crippen molar-refractivity contribution in [3.63, 3.8) is 0 Å². The molecule has 1 N–H and O–H groups in total. The van der Waals surface area contributed by atoms with E-state index in [1.807, 2.05) is 39.0 Å². The Morgan fingerprint density at radius 3 is 2.04 bits per heavy atom. The second-order valence-electron chi connectivity index (χ2n) is 5.16. The van der Waals surface area contributed by atoms with E-state index < -0.39 is 0 Å². The van der Waals surface area contributed by atoms with Crippen molar-refractivity contribution in [2.24, 2.45) is 0 Å². The number of hydrogen-bond acceptors (Lipinski definition) is 2. The summed E-state index contributed by atoms with van der Waals surface area (Å²) in [5.74, 6) is 0.745. The maximum absolute atomic E-state index is 4.32. The number of hydrogen-bond donors (Lipinski definition) is 2. The first-order valence-corrected chi connectivity index (χ1v) is 9.51. The van der Waals surface area contributed by atoms with E-state index in [-0.39, 0.29) is 0 Å². The minimum Gasteiger partial charge on any atom is -0.355 e. The Hall–Kier alpha value is -2.63. The van der Waals surface area contributed by atoms with Crippen LogP contribution in [0.25, 0.3) is 0 Å². The summed E-state index contributed by atoms with van der Waals surface area (Å²) >= 11 is 4.32. The van der Waals surface area contributed by atoms with Crippen LogP contribution in [-0.4, -0.2) is 0 Å². The quantitative estimate of drug-likeness (QED) is 0.307. The SMILES string of the molecule is C#C.C=C/C=C(/C)C=C.CC.Cc1ccc(Nc2ccccc2CS)cc1. The van der Waals surface area contributed by atoms with Gasteiger partial charge < -0.3 is 5.32 Å². The Labute approximate surface area is 172 Å². The van der Waals surface area contributed by atoms with E-state index in [4.69, 9.17) is 0 Å². The van der Waals surface area contributed by atoms with Gasteiger partial charge in [-0.3, -0.25) is 0 Å². The lowest BCUT2D eigenvalue weighted by Crippen LogP contribution is -1.94. The summed E-state index contributed by atoms with van der Waals surface area (Å²) < 4.78 is 0. The molecule has 2 aromatic rings. The molecule has 0 aliphatic carbocycles. The number of terminal acetylenes is 1. The lowest BCUT2D eigenvalue weighted by atomic mass is 10.2. The number of nitrogens with one attached hydrogen (secondary N) is 1. The van der Waals surface area contributed by atoms with Crippen molar-refractivity contribution in [3.8, 4) is 12.8 Å². The molecule has 0 heterocycles. The van der Waals surface area contributed by atoms with E-state index in [0.29, 0.717) is 0 Å². The molecule has 0 amide bonds. The number of allylic oxidation sites excluding steroid dienone is 4. The van der Waals surface area contributed by atoms with Crippen molar-refractivity contribution in [2.75, 3.05) is 5.32 Å². The zero-order valence-electron chi connectivity index (χ0n) is 17.1. The summed E-state index contributed by atoms with van der Waals surface area (Å²) in [4.78, 5) is 0. The smallest absolute Gasteiger partial charge is 0.0425 e. The van der Waals surface area contributed by atoms with Gasteiger partial charge in [-0.15, -0.1) is 12.8 Å². The van der Waals surface area contributed by atoms with Crippen LogP contribution in [0.2, 0.25) is 0 Å². The molecule has 0 aliphatic heterocycles. The third-order valence-corrected chi connectivity index (χ3v) is 3.56. The fourth-order valence-corrected chi connectivity index (χ4v) is 2.10. The van der Waals surface area contributed by atoms with Gasteiger partial charge in [0.05, 0.1) is 0 Å². The third-order valence-electron chi connectivity index (χ3n) is 3.22. The number of aryl methyl sites for hydroxylation is 1. The van der Waals surface area contributed by atoms with Crippen LogP contribution in [0.4, 0.5) is 11.4 Å². The average molecular weight is 380 g/mol. The van der Waals surface area contributed by atoms with E-state index in [2.05, 4.69) is 87.3 Å². The Balaban J connectivity index is 0. The molecule has 0 saturated heterocycles. The molecule has 1 nitrogen and oxygen atoms in total. The molecule has 0 saturated carbocycles. The maximum Gasteiger partial charge on any atom is 0.0425 e. The molecule has 2 heteroatoms. The minimum absolute atomic E-state index is 0.745. The number of para-hydroxylation sites is 1. The molecule has 27 heavy (non-hydrogen) atoms. The highest BCUT2D eigenvalue weighted by Crippen LogP contribution is 2.22. The van der Waals surface area contributed by atoms with Crippen LogP contribution in [0.1, 0.15) is 31.9 Å². The lowest BCUT2D eigenvalue weighted by Gasteiger charge is -2.10. The zero-order valence-corrected chi connectivity index (χ0v) is 18.0. The monoisotopic (exact) mass is 379 g/mol. The molecule has 0 fully saturated rings. The van der Waals surface area contributed by atoms with E-state index >= 15 is 0 Å². The number of anilines is 2. The van der Waals surface area contributed by atoms with E-state index in [0.717, 1.165) is 22.7 Å². The average Bonchev–Trinajstić information content (AvgIpc) is 2.73. The third kappa shape index (κ3) is 12.4. The van der Waals surface area contributed by atoms with E-state index in [9.17, 15) is 0 Å². The summed E-state index contributed by atoms with van der Waals surface area (Å²) in [6, 6.07) is 16.6. The van der Waals surface area contributed by atoms with Crippen LogP contribution in [-0.2, 0) is 5.75 Å². The molecule has 0 unspecified atom stereocenters. The topological polar surface area (TPSA) is 12.0 Å². The molecule has 144 valence electrons. The second kappa shape index (κ2) is 18.2. The lowest BCUT2D eigenvalue weighted by molar-refractivity contribution is 1.39. The van der Waals surface area contributed by atoms with Crippen LogP contribution >= 0.6 is 12.6 Å². The molecule has 2 aromatic carbocycles. The summed E-state index contributed by atoms with van der Waals surface area (Å²) in [6.07, 6.45) is 13.5.